The maximum Gasteiger partial charge on any atom is 0.322 e. The molecule has 0 bridgehead atoms. The van der Waals surface area contributed by atoms with Crippen molar-refractivity contribution in [2.75, 3.05) is 17.9 Å². The Bertz CT molecular complexity index is 572. The van der Waals surface area contributed by atoms with Gasteiger partial charge in [-0.05, 0) is 18.6 Å². The summed E-state index contributed by atoms with van der Waals surface area (Å²) < 4.78 is 4.98. The van der Waals surface area contributed by atoms with E-state index < -0.39 is 0 Å². The van der Waals surface area contributed by atoms with Gasteiger partial charge in [-0.15, -0.1) is 0 Å². The summed E-state index contributed by atoms with van der Waals surface area (Å²) in [4.78, 5) is 12.1. The second kappa shape index (κ2) is 6.36. The molecule has 4 N–H and O–H groups in total. The van der Waals surface area contributed by atoms with Crippen molar-refractivity contribution >= 4 is 23.5 Å². The molecule has 8 heteroatoms. The minimum absolute atomic E-state index is 0.0820. The van der Waals surface area contributed by atoms with Crippen LogP contribution in [0, 0.1) is 0 Å². The van der Waals surface area contributed by atoms with Crippen LogP contribution in [0.3, 0.4) is 0 Å². The van der Waals surface area contributed by atoms with Gasteiger partial charge in [-0.25, -0.2) is 5.84 Å². The Morgan fingerprint density at radius 1 is 1.20 bits per heavy atom. The number of hydrogen-bond donors (Lipinski definition) is 3. The number of rotatable bonds is 5. The van der Waals surface area contributed by atoms with E-state index >= 15 is 0 Å². The van der Waals surface area contributed by atoms with Gasteiger partial charge in [0, 0.05) is 5.02 Å². The topological polar surface area (TPSA) is 98.0 Å². The van der Waals surface area contributed by atoms with Crippen LogP contribution in [0.2, 0.25) is 5.02 Å². The van der Waals surface area contributed by atoms with Gasteiger partial charge in [0.15, 0.2) is 0 Å². The summed E-state index contributed by atoms with van der Waals surface area (Å²) in [7, 11) is 1.47. The second-order valence-electron chi connectivity index (χ2n) is 4.00. The molecule has 0 aliphatic rings. The molecule has 1 unspecified atom stereocenters. The Kier molecular flexibility index (Phi) is 4.54. The molecule has 0 radical (unpaired) electrons. The molecule has 0 aliphatic carbocycles. The van der Waals surface area contributed by atoms with Crippen molar-refractivity contribution in [3.05, 3.63) is 34.9 Å². The van der Waals surface area contributed by atoms with Gasteiger partial charge in [0.1, 0.15) is 0 Å². The van der Waals surface area contributed by atoms with E-state index in [1.165, 1.54) is 7.11 Å². The van der Waals surface area contributed by atoms with Crippen LogP contribution in [0.5, 0.6) is 6.01 Å². The standard InChI is InChI=1S/C12H15ClN6O/c1-7(8-5-3-4-6-9(8)13)15-10-16-11(19-14)18-12(17-10)20-2/h3-7H,14H2,1-2H3,(H2,15,16,17,18,19). The van der Waals surface area contributed by atoms with Crippen LogP contribution < -0.4 is 21.3 Å². The number of halogens is 1. The lowest BCUT2D eigenvalue weighted by Crippen LogP contribution is -2.15. The van der Waals surface area contributed by atoms with Crippen LogP contribution in [-0.2, 0) is 0 Å². The van der Waals surface area contributed by atoms with Crippen LogP contribution in [-0.4, -0.2) is 22.1 Å². The smallest absolute Gasteiger partial charge is 0.322 e. The Hall–Kier alpha value is -2.12. The van der Waals surface area contributed by atoms with Crippen LogP contribution in [0.15, 0.2) is 24.3 Å². The molecule has 1 atom stereocenters. The van der Waals surface area contributed by atoms with Crippen molar-refractivity contribution in [1.29, 1.82) is 0 Å². The maximum absolute atomic E-state index is 6.15. The third-order valence-electron chi connectivity index (χ3n) is 2.64. The molecule has 106 valence electrons. The average molecular weight is 295 g/mol. The Balaban J connectivity index is 2.23. The van der Waals surface area contributed by atoms with Crippen molar-refractivity contribution in [3.63, 3.8) is 0 Å². The van der Waals surface area contributed by atoms with Crippen molar-refractivity contribution in [3.8, 4) is 6.01 Å². The highest BCUT2D eigenvalue weighted by Gasteiger charge is 2.12. The number of hydrazine groups is 1. The molecular formula is C12H15ClN6O. The first-order valence-corrected chi connectivity index (χ1v) is 6.29. The molecule has 0 fully saturated rings. The number of nitrogens with one attached hydrogen (secondary N) is 2. The number of hydrogen-bond acceptors (Lipinski definition) is 7. The van der Waals surface area contributed by atoms with Gasteiger partial charge in [0.2, 0.25) is 11.9 Å². The average Bonchev–Trinajstić information content (AvgIpc) is 2.47. The summed E-state index contributed by atoms with van der Waals surface area (Å²) in [6.07, 6.45) is 0. The van der Waals surface area contributed by atoms with Crippen LogP contribution in [0.4, 0.5) is 11.9 Å². The number of nitrogen functional groups attached to an aromatic ring is 1. The Labute approximate surface area is 121 Å². The number of anilines is 2. The molecule has 1 heterocycles. The Morgan fingerprint density at radius 2 is 1.90 bits per heavy atom. The van der Waals surface area contributed by atoms with Crippen LogP contribution >= 0.6 is 11.6 Å². The van der Waals surface area contributed by atoms with Gasteiger partial charge in [-0.2, -0.15) is 15.0 Å². The SMILES string of the molecule is COc1nc(NN)nc(NC(C)c2ccccc2Cl)n1. The maximum atomic E-state index is 6.15. The highest BCUT2D eigenvalue weighted by molar-refractivity contribution is 6.31. The van der Waals surface area contributed by atoms with Crippen LogP contribution in [0.1, 0.15) is 18.5 Å². The fourth-order valence-corrected chi connectivity index (χ4v) is 1.97. The summed E-state index contributed by atoms with van der Waals surface area (Å²) in [5, 5.41) is 3.80. The number of ether oxygens (including phenoxy) is 1. The van der Waals surface area contributed by atoms with Crippen molar-refractivity contribution in [2.24, 2.45) is 5.84 Å². The minimum Gasteiger partial charge on any atom is -0.467 e. The summed E-state index contributed by atoms with van der Waals surface area (Å²) in [6.45, 7) is 1.95. The molecule has 1 aromatic heterocycles. The third-order valence-corrected chi connectivity index (χ3v) is 2.99. The highest BCUT2D eigenvalue weighted by atomic mass is 35.5. The first-order chi connectivity index (χ1) is 9.63. The number of methoxy groups -OCH3 is 1. The molecule has 0 saturated carbocycles. The molecule has 0 aliphatic heterocycles. The van der Waals surface area contributed by atoms with E-state index in [0.717, 1.165) is 5.56 Å². The summed E-state index contributed by atoms with van der Waals surface area (Å²) in [5.74, 6) is 5.86. The summed E-state index contributed by atoms with van der Waals surface area (Å²) >= 11 is 6.15. The first kappa shape index (κ1) is 14.3. The van der Waals surface area contributed by atoms with E-state index in [9.17, 15) is 0 Å². The van der Waals surface area contributed by atoms with E-state index in [1.807, 2.05) is 31.2 Å². The number of nitrogens with zero attached hydrogens (tertiary/aromatic N) is 3. The molecule has 0 spiro atoms. The molecule has 0 saturated heterocycles. The van der Waals surface area contributed by atoms with E-state index in [1.54, 1.807) is 0 Å². The molecule has 20 heavy (non-hydrogen) atoms. The lowest BCUT2D eigenvalue weighted by Gasteiger charge is -2.16. The fourth-order valence-electron chi connectivity index (χ4n) is 1.67. The van der Waals surface area contributed by atoms with Gasteiger partial charge in [0.25, 0.3) is 0 Å². The molecule has 0 amide bonds. The van der Waals surface area contributed by atoms with Crippen LogP contribution in [0.25, 0.3) is 0 Å². The van der Waals surface area contributed by atoms with Crippen molar-refractivity contribution in [1.82, 2.24) is 15.0 Å². The zero-order chi connectivity index (χ0) is 14.5. The Morgan fingerprint density at radius 3 is 2.55 bits per heavy atom. The van der Waals surface area contributed by atoms with Gasteiger partial charge < -0.3 is 10.1 Å². The normalized spacial score (nSPS) is 11.8. The first-order valence-electron chi connectivity index (χ1n) is 5.91. The van der Waals surface area contributed by atoms with E-state index in [2.05, 4.69) is 25.7 Å². The monoisotopic (exact) mass is 294 g/mol. The molecule has 1 aromatic carbocycles. The largest absolute Gasteiger partial charge is 0.467 e. The molecule has 2 rings (SSSR count). The van der Waals surface area contributed by atoms with E-state index in [-0.39, 0.29) is 18.0 Å². The third kappa shape index (κ3) is 3.25. The predicted octanol–water partition coefficient (Wildman–Crippen LogP) is 1.99. The second-order valence-corrected chi connectivity index (χ2v) is 4.41. The van der Waals surface area contributed by atoms with Crippen molar-refractivity contribution in [2.45, 2.75) is 13.0 Å². The predicted molar refractivity (Wildman–Crippen MR) is 77.7 cm³/mol. The minimum atomic E-state index is -0.0820. The lowest BCUT2D eigenvalue weighted by atomic mass is 10.1. The fraction of sp³-hybridized carbons (Fsp3) is 0.250. The number of nitrogens with two attached hydrogens (primary N) is 1. The molecule has 2 aromatic rings. The zero-order valence-corrected chi connectivity index (χ0v) is 11.8. The summed E-state index contributed by atoms with van der Waals surface area (Å²) in [6, 6.07) is 7.64. The zero-order valence-electron chi connectivity index (χ0n) is 11.1. The number of aromatic nitrogens is 3. The summed E-state index contributed by atoms with van der Waals surface area (Å²) in [5.41, 5.74) is 3.30. The van der Waals surface area contributed by atoms with E-state index in [0.29, 0.717) is 11.0 Å². The quantitative estimate of drug-likeness (QED) is 0.573. The van der Waals surface area contributed by atoms with Crippen molar-refractivity contribution < 1.29 is 4.74 Å². The van der Waals surface area contributed by atoms with Gasteiger partial charge in [0.05, 0.1) is 13.2 Å². The van der Waals surface area contributed by atoms with Gasteiger partial charge in [-0.1, -0.05) is 29.8 Å². The lowest BCUT2D eigenvalue weighted by molar-refractivity contribution is 0.379. The van der Waals surface area contributed by atoms with E-state index in [4.69, 9.17) is 22.2 Å². The van der Waals surface area contributed by atoms with Gasteiger partial charge in [-0.3, -0.25) is 5.43 Å². The highest BCUT2D eigenvalue weighted by Crippen LogP contribution is 2.25. The van der Waals surface area contributed by atoms with Gasteiger partial charge >= 0.3 is 6.01 Å². The molecular weight excluding hydrogens is 280 g/mol. The molecule has 7 nitrogen and oxygen atoms in total. The number of benzene rings is 1.